The summed E-state index contributed by atoms with van der Waals surface area (Å²) in [6.07, 6.45) is 1.55. The third-order valence-corrected chi connectivity index (χ3v) is 8.48. The van der Waals surface area contributed by atoms with Gasteiger partial charge in [0, 0.05) is 40.0 Å². The van der Waals surface area contributed by atoms with Crippen molar-refractivity contribution in [3.8, 4) is 0 Å². The van der Waals surface area contributed by atoms with E-state index >= 15 is 0 Å². The van der Waals surface area contributed by atoms with Crippen molar-refractivity contribution in [1.29, 1.82) is 0 Å². The molecule has 0 heterocycles. The van der Waals surface area contributed by atoms with E-state index in [1.54, 1.807) is 11.8 Å². The number of carbonyl (C=O) groups excluding carboxylic acids is 2. The molecule has 5 rings (SSSR count). The molecule has 0 saturated heterocycles. The SMILES string of the molecule is CC(=O)O/N=C(\CCCSc1ccc(C)cc1)c1ccc(N(c2ccccc2)c2ccc(C(=O)c3ccccc3C)cc2)cc1. The predicted octanol–water partition coefficient (Wildman–Crippen LogP) is 9.84. The van der Waals surface area contributed by atoms with E-state index in [0.717, 1.165) is 46.1 Å². The normalized spacial score (nSPS) is 11.2. The summed E-state index contributed by atoms with van der Waals surface area (Å²) in [5, 5.41) is 4.21. The van der Waals surface area contributed by atoms with Crippen LogP contribution < -0.4 is 4.90 Å². The molecule has 5 aromatic rings. The fourth-order valence-electron chi connectivity index (χ4n) is 5.00. The number of benzene rings is 5. The Hall–Kier alpha value is -4.94. The molecule has 0 aliphatic heterocycles. The summed E-state index contributed by atoms with van der Waals surface area (Å²) in [5.41, 5.74) is 8.05. The van der Waals surface area contributed by atoms with Gasteiger partial charge in [0.25, 0.3) is 0 Å². The van der Waals surface area contributed by atoms with Crippen LogP contribution in [0.4, 0.5) is 17.1 Å². The quantitative estimate of drug-likeness (QED) is 0.0351. The number of hydrogen-bond donors (Lipinski definition) is 0. The lowest BCUT2D eigenvalue weighted by Gasteiger charge is -2.26. The van der Waals surface area contributed by atoms with Gasteiger partial charge >= 0.3 is 5.97 Å². The Kier molecular flexibility index (Phi) is 10.6. The van der Waals surface area contributed by atoms with E-state index in [-0.39, 0.29) is 5.78 Å². The highest BCUT2D eigenvalue weighted by molar-refractivity contribution is 7.99. The van der Waals surface area contributed by atoms with Crippen LogP contribution in [0.5, 0.6) is 0 Å². The lowest BCUT2D eigenvalue weighted by atomic mass is 9.99. The summed E-state index contributed by atoms with van der Waals surface area (Å²) < 4.78 is 0. The molecule has 0 aliphatic rings. The first-order chi connectivity index (χ1) is 21.9. The van der Waals surface area contributed by atoms with Crippen molar-refractivity contribution in [3.63, 3.8) is 0 Å². The van der Waals surface area contributed by atoms with Crippen LogP contribution in [0.1, 0.15) is 52.4 Å². The standard InChI is InChI=1S/C39H36N2O3S/c1-28-15-25-36(26-16-28)45-27-9-14-38(40-44-30(3)42)31-17-21-34(22-18-31)41(33-11-5-4-6-12-33)35-23-19-32(20-24-35)39(43)37-13-8-7-10-29(37)2/h4-8,10-13,15-26H,9,14,27H2,1-3H3/b40-38+. The van der Waals surface area contributed by atoms with Gasteiger partial charge in [-0.15, -0.1) is 11.8 Å². The Labute approximate surface area is 269 Å². The van der Waals surface area contributed by atoms with Crippen molar-refractivity contribution in [3.05, 3.63) is 155 Å². The highest BCUT2D eigenvalue weighted by Crippen LogP contribution is 2.35. The maximum absolute atomic E-state index is 13.2. The fourth-order valence-corrected chi connectivity index (χ4v) is 5.85. The minimum atomic E-state index is -0.447. The third kappa shape index (κ3) is 8.37. The lowest BCUT2D eigenvalue weighted by Crippen LogP contribution is -2.11. The number of para-hydroxylation sites is 1. The number of anilines is 3. The molecule has 0 bridgehead atoms. The highest BCUT2D eigenvalue weighted by Gasteiger charge is 2.16. The van der Waals surface area contributed by atoms with E-state index < -0.39 is 5.97 Å². The van der Waals surface area contributed by atoms with Gasteiger partial charge in [-0.25, -0.2) is 4.79 Å². The molecule has 0 aromatic heterocycles. The molecule has 0 amide bonds. The van der Waals surface area contributed by atoms with Crippen LogP contribution >= 0.6 is 11.8 Å². The molecule has 5 aromatic carbocycles. The van der Waals surface area contributed by atoms with Gasteiger partial charge < -0.3 is 9.74 Å². The van der Waals surface area contributed by atoms with Crippen LogP contribution in [-0.2, 0) is 9.63 Å². The summed E-state index contributed by atoms with van der Waals surface area (Å²) in [6.45, 7) is 5.40. The number of ketones is 1. The summed E-state index contributed by atoms with van der Waals surface area (Å²) in [6, 6.07) is 42.1. The van der Waals surface area contributed by atoms with Crippen LogP contribution in [0.3, 0.4) is 0 Å². The molecule has 0 aliphatic carbocycles. The topological polar surface area (TPSA) is 59.0 Å². The number of carbonyl (C=O) groups is 2. The smallest absolute Gasteiger partial charge is 0.318 e. The molecule has 0 saturated carbocycles. The van der Waals surface area contributed by atoms with Crippen LogP contribution in [0.2, 0.25) is 0 Å². The molecule has 0 spiro atoms. The maximum Gasteiger partial charge on any atom is 0.331 e. The van der Waals surface area contributed by atoms with Crippen LogP contribution in [0, 0.1) is 13.8 Å². The molecular weight excluding hydrogens is 577 g/mol. The van der Waals surface area contributed by atoms with E-state index in [1.807, 2.05) is 97.9 Å². The largest absolute Gasteiger partial charge is 0.331 e. The van der Waals surface area contributed by atoms with Crippen LogP contribution in [0.15, 0.2) is 137 Å². The second-order valence-corrected chi connectivity index (χ2v) is 12.0. The van der Waals surface area contributed by atoms with Crippen LogP contribution in [0.25, 0.3) is 0 Å². The summed E-state index contributed by atoms with van der Waals surface area (Å²) in [7, 11) is 0. The van der Waals surface area contributed by atoms with Gasteiger partial charge in [0.2, 0.25) is 0 Å². The van der Waals surface area contributed by atoms with Gasteiger partial charge in [0.05, 0.1) is 5.71 Å². The summed E-state index contributed by atoms with van der Waals surface area (Å²) in [4.78, 5) is 33.2. The van der Waals surface area contributed by atoms with E-state index in [9.17, 15) is 9.59 Å². The van der Waals surface area contributed by atoms with Crippen LogP contribution in [-0.4, -0.2) is 23.2 Å². The maximum atomic E-state index is 13.2. The average Bonchev–Trinajstić information content (AvgIpc) is 3.06. The molecule has 0 fully saturated rings. The molecule has 0 radical (unpaired) electrons. The molecule has 5 nitrogen and oxygen atoms in total. The first kappa shape index (κ1) is 31.5. The minimum absolute atomic E-state index is 0.00660. The molecule has 0 N–H and O–H groups in total. The van der Waals surface area contributed by atoms with Gasteiger partial charge in [-0.3, -0.25) is 4.79 Å². The fraction of sp³-hybridized carbons (Fsp3) is 0.154. The first-order valence-corrected chi connectivity index (χ1v) is 16.0. The second-order valence-electron chi connectivity index (χ2n) is 10.8. The van der Waals surface area contributed by atoms with E-state index in [2.05, 4.69) is 53.4 Å². The molecule has 6 heteroatoms. The zero-order chi connectivity index (χ0) is 31.6. The molecular formula is C39H36N2O3S. The first-order valence-electron chi connectivity index (χ1n) is 15.0. The number of oxime groups is 1. The minimum Gasteiger partial charge on any atom is -0.318 e. The summed E-state index contributed by atoms with van der Waals surface area (Å²) >= 11 is 1.80. The zero-order valence-electron chi connectivity index (χ0n) is 25.8. The van der Waals surface area contributed by atoms with Gasteiger partial charge in [-0.1, -0.05) is 77.4 Å². The lowest BCUT2D eigenvalue weighted by molar-refractivity contribution is -0.140. The number of rotatable bonds is 12. The molecule has 226 valence electrons. The predicted molar refractivity (Wildman–Crippen MR) is 185 cm³/mol. The van der Waals surface area contributed by atoms with Crippen molar-refractivity contribution >= 4 is 46.3 Å². The number of hydrogen-bond acceptors (Lipinski definition) is 6. The highest BCUT2D eigenvalue weighted by atomic mass is 32.2. The Bertz CT molecular complexity index is 1760. The average molecular weight is 613 g/mol. The summed E-state index contributed by atoms with van der Waals surface area (Å²) in [5.74, 6) is 0.481. The van der Waals surface area contributed by atoms with Gasteiger partial charge in [0.15, 0.2) is 5.78 Å². The molecule has 0 unspecified atom stereocenters. The van der Waals surface area contributed by atoms with Gasteiger partial charge in [-0.05, 0) is 104 Å². The third-order valence-electron chi connectivity index (χ3n) is 7.38. The number of nitrogens with zero attached hydrogens (tertiary/aromatic N) is 2. The van der Waals surface area contributed by atoms with Crippen molar-refractivity contribution in [2.75, 3.05) is 10.7 Å². The molecule has 45 heavy (non-hydrogen) atoms. The van der Waals surface area contributed by atoms with E-state index in [1.165, 1.54) is 17.4 Å². The second kappa shape index (κ2) is 15.2. The Balaban J connectivity index is 1.36. The monoisotopic (exact) mass is 612 g/mol. The Morgan fingerprint density at radius 3 is 1.89 bits per heavy atom. The van der Waals surface area contributed by atoms with Gasteiger partial charge in [-0.2, -0.15) is 0 Å². The van der Waals surface area contributed by atoms with Gasteiger partial charge in [0.1, 0.15) is 0 Å². The van der Waals surface area contributed by atoms with E-state index in [0.29, 0.717) is 17.5 Å². The van der Waals surface area contributed by atoms with E-state index in [4.69, 9.17) is 4.84 Å². The van der Waals surface area contributed by atoms with Crippen molar-refractivity contribution in [2.45, 2.75) is 38.5 Å². The number of aryl methyl sites for hydroxylation is 2. The Morgan fingerprint density at radius 1 is 0.689 bits per heavy atom. The molecule has 0 atom stereocenters. The van der Waals surface area contributed by atoms with Crippen molar-refractivity contribution in [1.82, 2.24) is 0 Å². The zero-order valence-corrected chi connectivity index (χ0v) is 26.6. The van der Waals surface area contributed by atoms with Crippen molar-refractivity contribution < 1.29 is 14.4 Å². The Morgan fingerprint density at radius 2 is 1.27 bits per heavy atom. The van der Waals surface area contributed by atoms with Crippen molar-refractivity contribution in [2.24, 2.45) is 5.16 Å². The number of thioether (sulfide) groups is 1.